The molecule has 1 aromatic carbocycles. The third-order valence-corrected chi connectivity index (χ3v) is 3.75. The van der Waals surface area contributed by atoms with Crippen LogP contribution in [-0.2, 0) is 13.1 Å². The number of hydrogen-bond acceptors (Lipinski definition) is 3. The number of imidazole rings is 1. The van der Waals surface area contributed by atoms with E-state index in [0.29, 0.717) is 24.6 Å². The van der Waals surface area contributed by atoms with Crippen molar-refractivity contribution >= 4 is 29.9 Å². The highest BCUT2D eigenvalue weighted by molar-refractivity contribution is 14.0. The Morgan fingerprint density at radius 1 is 1.19 bits per heavy atom. The van der Waals surface area contributed by atoms with E-state index in [1.54, 1.807) is 30.9 Å². The molecule has 0 amide bonds. The molecule has 0 fully saturated rings. The van der Waals surface area contributed by atoms with Crippen molar-refractivity contribution in [3.05, 3.63) is 78.3 Å². The first-order chi connectivity index (χ1) is 12.8. The molecule has 6 nitrogen and oxygen atoms in total. The van der Waals surface area contributed by atoms with E-state index in [0.717, 1.165) is 17.9 Å². The van der Waals surface area contributed by atoms with Crippen molar-refractivity contribution in [1.82, 2.24) is 25.2 Å². The zero-order valence-electron chi connectivity index (χ0n) is 15.0. The van der Waals surface area contributed by atoms with Crippen LogP contribution in [0.15, 0.2) is 66.3 Å². The van der Waals surface area contributed by atoms with Crippen LogP contribution in [0.5, 0.6) is 0 Å². The fraction of sp³-hybridized carbons (Fsp3) is 0.211. The van der Waals surface area contributed by atoms with Gasteiger partial charge in [0.15, 0.2) is 5.96 Å². The molecular weight excluding hydrogens is 458 g/mol. The van der Waals surface area contributed by atoms with E-state index in [1.807, 2.05) is 35.9 Å². The Labute approximate surface area is 175 Å². The quantitative estimate of drug-likeness (QED) is 0.323. The molecule has 0 bridgehead atoms. The molecule has 2 N–H and O–H groups in total. The van der Waals surface area contributed by atoms with Crippen molar-refractivity contribution in [3.63, 3.8) is 0 Å². The predicted molar refractivity (Wildman–Crippen MR) is 115 cm³/mol. The molecule has 8 heteroatoms. The van der Waals surface area contributed by atoms with Crippen LogP contribution in [0.4, 0.5) is 4.39 Å². The molecule has 0 saturated carbocycles. The lowest BCUT2D eigenvalue weighted by atomic mass is 10.2. The molecule has 142 valence electrons. The number of aliphatic imine (C=N–C) groups is 1. The molecule has 2 heterocycles. The molecule has 0 saturated heterocycles. The normalized spacial score (nSPS) is 11.0. The minimum Gasteiger partial charge on any atom is -0.357 e. The van der Waals surface area contributed by atoms with Crippen molar-refractivity contribution in [2.45, 2.75) is 20.0 Å². The fourth-order valence-electron chi connectivity index (χ4n) is 2.43. The monoisotopic (exact) mass is 480 g/mol. The maximum Gasteiger partial charge on any atom is 0.191 e. The Kier molecular flexibility index (Phi) is 8.18. The summed E-state index contributed by atoms with van der Waals surface area (Å²) in [6.45, 7) is 3.57. The van der Waals surface area contributed by atoms with Gasteiger partial charge >= 0.3 is 0 Å². The molecule has 0 unspecified atom stereocenters. The molecule has 0 aliphatic heterocycles. The van der Waals surface area contributed by atoms with E-state index in [9.17, 15) is 4.39 Å². The summed E-state index contributed by atoms with van der Waals surface area (Å²) in [4.78, 5) is 12.9. The van der Waals surface area contributed by atoms with Crippen molar-refractivity contribution in [1.29, 1.82) is 0 Å². The van der Waals surface area contributed by atoms with Crippen LogP contribution in [0.3, 0.4) is 0 Å². The number of aromatic nitrogens is 3. The highest BCUT2D eigenvalue weighted by atomic mass is 127. The Hall–Kier alpha value is -2.49. The van der Waals surface area contributed by atoms with Gasteiger partial charge in [-0.2, -0.15) is 0 Å². The highest BCUT2D eigenvalue weighted by Gasteiger charge is 2.03. The third kappa shape index (κ3) is 6.02. The maximum absolute atomic E-state index is 13.7. The highest BCUT2D eigenvalue weighted by Crippen LogP contribution is 2.08. The summed E-state index contributed by atoms with van der Waals surface area (Å²) in [6.07, 6.45) is 7.01. The minimum absolute atomic E-state index is 0. The van der Waals surface area contributed by atoms with Crippen LogP contribution < -0.4 is 10.6 Å². The van der Waals surface area contributed by atoms with Gasteiger partial charge in [-0.15, -0.1) is 24.0 Å². The topological polar surface area (TPSA) is 67.1 Å². The van der Waals surface area contributed by atoms with E-state index in [2.05, 4.69) is 25.6 Å². The van der Waals surface area contributed by atoms with Crippen molar-refractivity contribution in [3.8, 4) is 5.82 Å². The predicted octanol–water partition coefficient (Wildman–Crippen LogP) is 3.28. The summed E-state index contributed by atoms with van der Waals surface area (Å²) in [5.74, 6) is 1.20. The molecule has 0 spiro atoms. The molecule has 3 rings (SSSR count). The second kappa shape index (κ2) is 10.6. The van der Waals surface area contributed by atoms with Crippen LogP contribution in [0.1, 0.15) is 18.1 Å². The van der Waals surface area contributed by atoms with Gasteiger partial charge in [-0.05, 0) is 30.7 Å². The Morgan fingerprint density at radius 3 is 2.78 bits per heavy atom. The number of hydrogen-bond donors (Lipinski definition) is 2. The van der Waals surface area contributed by atoms with Gasteiger partial charge in [0, 0.05) is 37.2 Å². The van der Waals surface area contributed by atoms with Crippen molar-refractivity contribution in [2.75, 3.05) is 6.54 Å². The van der Waals surface area contributed by atoms with Crippen LogP contribution in [-0.4, -0.2) is 27.0 Å². The zero-order valence-corrected chi connectivity index (χ0v) is 17.3. The van der Waals surface area contributed by atoms with Crippen LogP contribution in [0.25, 0.3) is 5.82 Å². The summed E-state index contributed by atoms with van der Waals surface area (Å²) in [7, 11) is 0. The Bertz CT molecular complexity index is 866. The number of nitrogens with zero attached hydrogens (tertiary/aromatic N) is 4. The SMILES string of the molecule is CCNC(=NCc1ccnc(-n2ccnc2)c1)NCc1ccccc1F.I. The van der Waals surface area contributed by atoms with E-state index < -0.39 is 0 Å². The summed E-state index contributed by atoms with van der Waals surface area (Å²) in [5, 5.41) is 6.33. The van der Waals surface area contributed by atoms with Crippen LogP contribution in [0, 0.1) is 5.82 Å². The summed E-state index contributed by atoms with van der Waals surface area (Å²) in [5.41, 5.74) is 1.62. The van der Waals surface area contributed by atoms with E-state index >= 15 is 0 Å². The lowest BCUT2D eigenvalue weighted by molar-refractivity contribution is 0.604. The van der Waals surface area contributed by atoms with E-state index in [4.69, 9.17) is 0 Å². The first-order valence-electron chi connectivity index (χ1n) is 8.45. The summed E-state index contributed by atoms with van der Waals surface area (Å²) in [6, 6.07) is 10.6. The molecule has 0 aliphatic rings. The second-order valence-corrected chi connectivity index (χ2v) is 5.63. The Balaban J connectivity index is 0.00000261. The zero-order chi connectivity index (χ0) is 18.2. The van der Waals surface area contributed by atoms with E-state index in [1.165, 1.54) is 6.07 Å². The molecule has 0 radical (unpaired) electrons. The third-order valence-electron chi connectivity index (χ3n) is 3.75. The van der Waals surface area contributed by atoms with Crippen molar-refractivity contribution < 1.29 is 4.39 Å². The molecule has 0 atom stereocenters. The molecular formula is C19H22FIN6. The molecule has 2 aromatic heterocycles. The average molecular weight is 480 g/mol. The van der Waals surface area contributed by atoms with Crippen LogP contribution >= 0.6 is 24.0 Å². The van der Waals surface area contributed by atoms with Crippen LogP contribution in [0.2, 0.25) is 0 Å². The largest absolute Gasteiger partial charge is 0.357 e. The minimum atomic E-state index is -0.227. The van der Waals surface area contributed by atoms with Gasteiger partial charge in [-0.3, -0.25) is 4.57 Å². The van der Waals surface area contributed by atoms with Crippen molar-refractivity contribution in [2.24, 2.45) is 4.99 Å². The lowest BCUT2D eigenvalue weighted by Crippen LogP contribution is -2.37. The fourth-order valence-corrected chi connectivity index (χ4v) is 2.43. The second-order valence-electron chi connectivity index (χ2n) is 5.63. The maximum atomic E-state index is 13.7. The van der Waals surface area contributed by atoms with Gasteiger partial charge in [0.25, 0.3) is 0 Å². The lowest BCUT2D eigenvalue weighted by Gasteiger charge is -2.12. The Morgan fingerprint density at radius 2 is 2.04 bits per heavy atom. The van der Waals surface area contributed by atoms with Gasteiger partial charge in [0.2, 0.25) is 0 Å². The first-order valence-corrected chi connectivity index (χ1v) is 8.45. The first kappa shape index (κ1) is 20.8. The molecule has 27 heavy (non-hydrogen) atoms. The number of benzene rings is 1. The average Bonchev–Trinajstić information content (AvgIpc) is 3.20. The molecule has 0 aliphatic carbocycles. The number of pyridine rings is 1. The van der Waals surface area contributed by atoms with Gasteiger partial charge in [0.05, 0.1) is 6.54 Å². The van der Waals surface area contributed by atoms with Gasteiger partial charge < -0.3 is 10.6 Å². The number of halogens is 2. The van der Waals surface area contributed by atoms with E-state index in [-0.39, 0.29) is 29.8 Å². The molecule has 3 aromatic rings. The summed E-state index contributed by atoms with van der Waals surface area (Å²) < 4.78 is 15.6. The number of guanidine groups is 1. The number of rotatable bonds is 6. The van der Waals surface area contributed by atoms with Gasteiger partial charge in [-0.25, -0.2) is 19.4 Å². The number of nitrogens with one attached hydrogen (secondary N) is 2. The van der Waals surface area contributed by atoms with Gasteiger partial charge in [-0.1, -0.05) is 18.2 Å². The van der Waals surface area contributed by atoms with Gasteiger partial charge in [0.1, 0.15) is 18.0 Å². The standard InChI is InChI=1S/C19H21FN6.HI/c1-2-22-19(25-13-16-5-3-4-6-17(16)20)24-12-15-7-8-23-18(11-15)26-10-9-21-14-26;/h3-11,14H,2,12-13H2,1H3,(H2,22,24,25);1H. The summed E-state index contributed by atoms with van der Waals surface area (Å²) >= 11 is 0. The smallest absolute Gasteiger partial charge is 0.191 e.